The molecule has 0 saturated carbocycles. The van der Waals surface area contributed by atoms with Gasteiger partial charge in [-0.3, -0.25) is 0 Å². The molecule has 0 aliphatic rings. The number of hydrogen-bond acceptors (Lipinski definition) is 4. The second-order valence-electron chi connectivity index (χ2n) is 3.82. The summed E-state index contributed by atoms with van der Waals surface area (Å²) in [5.74, 6) is 0. The van der Waals surface area contributed by atoms with Gasteiger partial charge >= 0.3 is 0 Å². The fourth-order valence-electron chi connectivity index (χ4n) is 1.12. The largest absolute Gasteiger partial charge is 0.379 e. The SMILES string of the molecule is COC(C)C(C)(N)c1nc(C)c(C)s1. The molecule has 1 rings (SSSR count). The zero-order valence-corrected chi connectivity index (χ0v) is 10.2. The summed E-state index contributed by atoms with van der Waals surface area (Å²) in [6.07, 6.45) is -0.0348. The molecule has 2 N–H and O–H groups in total. The van der Waals surface area contributed by atoms with Crippen molar-refractivity contribution < 1.29 is 4.74 Å². The molecule has 0 radical (unpaired) electrons. The van der Waals surface area contributed by atoms with Crippen LogP contribution in [-0.4, -0.2) is 18.2 Å². The molecule has 1 aromatic heterocycles. The van der Waals surface area contributed by atoms with Crippen LogP contribution in [0, 0.1) is 13.8 Å². The lowest BCUT2D eigenvalue weighted by molar-refractivity contribution is 0.0553. The Morgan fingerprint density at radius 1 is 1.50 bits per heavy atom. The first kappa shape index (κ1) is 11.6. The highest BCUT2D eigenvalue weighted by atomic mass is 32.1. The van der Waals surface area contributed by atoms with Gasteiger partial charge in [0.15, 0.2) is 0 Å². The van der Waals surface area contributed by atoms with Crippen molar-refractivity contribution in [2.24, 2.45) is 5.73 Å². The molecule has 0 aliphatic carbocycles. The molecule has 80 valence electrons. The first-order valence-electron chi connectivity index (χ1n) is 4.65. The van der Waals surface area contributed by atoms with E-state index in [-0.39, 0.29) is 6.10 Å². The standard InChI is InChI=1S/C10H18N2OS/c1-6-7(2)14-9(12-6)10(4,11)8(3)13-5/h8H,11H2,1-5H3. The summed E-state index contributed by atoms with van der Waals surface area (Å²) in [4.78, 5) is 5.69. The highest BCUT2D eigenvalue weighted by Crippen LogP contribution is 2.29. The summed E-state index contributed by atoms with van der Waals surface area (Å²) in [5, 5.41) is 0.946. The number of thiazole rings is 1. The smallest absolute Gasteiger partial charge is 0.115 e. The van der Waals surface area contributed by atoms with Gasteiger partial charge in [-0.05, 0) is 27.7 Å². The van der Waals surface area contributed by atoms with E-state index in [1.807, 2.05) is 20.8 Å². The molecule has 4 heteroatoms. The third-order valence-electron chi connectivity index (χ3n) is 2.69. The van der Waals surface area contributed by atoms with Crippen LogP contribution in [0.5, 0.6) is 0 Å². The maximum absolute atomic E-state index is 6.20. The average Bonchev–Trinajstić information content (AvgIpc) is 2.46. The van der Waals surface area contributed by atoms with E-state index in [0.29, 0.717) is 0 Å². The molecule has 1 aromatic rings. The number of aryl methyl sites for hydroxylation is 2. The van der Waals surface area contributed by atoms with Crippen LogP contribution >= 0.6 is 11.3 Å². The highest BCUT2D eigenvalue weighted by molar-refractivity contribution is 7.11. The van der Waals surface area contributed by atoms with Crippen molar-refractivity contribution >= 4 is 11.3 Å². The molecule has 2 unspecified atom stereocenters. The summed E-state index contributed by atoms with van der Waals surface area (Å²) in [7, 11) is 1.67. The lowest BCUT2D eigenvalue weighted by Gasteiger charge is -2.28. The maximum atomic E-state index is 6.20. The number of nitrogens with zero attached hydrogens (tertiary/aromatic N) is 1. The molecule has 14 heavy (non-hydrogen) atoms. The van der Waals surface area contributed by atoms with Gasteiger partial charge in [-0.1, -0.05) is 0 Å². The third kappa shape index (κ3) is 1.97. The molecule has 0 bridgehead atoms. The minimum Gasteiger partial charge on any atom is -0.379 e. The van der Waals surface area contributed by atoms with E-state index < -0.39 is 5.54 Å². The minimum absolute atomic E-state index is 0.0348. The highest BCUT2D eigenvalue weighted by Gasteiger charge is 2.32. The van der Waals surface area contributed by atoms with Gasteiger partial charge in [-0.25, -0.2) is 4.98 Å². The van der Waals surface area contributed by atoms with E-state index in [4.69, 9.17) is 10.5 Å². The normalized spacial score (nSPS) is 17.9. The topological polar surface area (TPSA) is 48.1 Å². The number of ether oxygens (including phenoxy) is 1. The second kappa shape index (κ2) is 3.96. The number of methoxy groups -OCH3 is 1. The molecule has 0 aromatic carbocycles. The van der Waals surface area contributed by atoms with E-state index >= 15 is 0 Å². The van der Waals surface area contributed by atoms with Crippen molar-refractivity contribution in [1.82, 2.24) is 4.98 Å². The third-order valence-corrected chi connectivity index (χ3v) is 4.01. The number of nitrogens with two attached hydrogens (primary N) is 1. The van der Waals surface area contributed by atoms with Gasteiger partial charge in [0.05, 0.1) is 17.3 Å². The maximum Gasteiger partial charge on any atom is 0.115 e. The minimum atomic E-state index is -0.502. The summed E-state index contributed by atoms with van der Waals surface area (Å²) in [5.41, 5.74) is 6.76. The molecule has 1 heterocycles. The molecule has 2 atom stereocenters. The lowest BCUT2D eigenvalue weighted by atomic mass is 9.98. The van der Waals surface area contributed by atoms with E-state index in [2.05, 4.69) is 11.9 Å². The van der Waals surface area contributed by atoms with Crippen LogP contribution in [0.15, 0.2) is 0 Å². The Bertz CT molecular complexity index is 300. The number of hydrogen-bond donors (Lipinski definition) is 1. The van der Waals surface area contributed by atoms with E-state index in [1.165, 1.54) is 4.88 Å². The molecule has 3 nitrogen and oxygen atoms in total. The van der Waals surface area contributed by atoms with Gasteiger partial charge in [-0.15, -0.1) is 11.3 Å². The Hall–Kier alpha value is -0.450. The van der Waals surface area contributed by atoms with Crippen LogP contribution in [0.2, 0.25) is 0 Å². The van der Waals surface area contributed by atoms with Crippen molar-refractivity contribution in [3.05, 3.63) is 15.6 Å². The van der Waals surface area contributed by atoms with Gasteiger partial charge in [0.1, 0.15) is 5.01 Å². The molecule has 0 spiro atoms. The average molecular weight is 214 g/mol. The fourth-order valence-corrected chi connectivity index (χ4v) is 2.17. The fraction of sp³-hybridized carbons (Fsp3) is 0.700. The van der Waals surface area contributed by atoms with Gasteiger partial charge in [0.25, 0.3) is 0 Å². The Balaban J connectivity index is 3.03. The van der Waals surface area contributed by atoms with Gasteiger partial charge < -0.3 is 10.5 Å². The molecular weight excluding hydrogens is 196 g/mol. The summed E-state index contributed by atoms with van der Waals surface area (Å²) in [6, 6.07) is 0. The van der Waals surface area contributed by atoms with Crippen LogP contribution in [0.4, 0.5) is 0 Å². The van der Waals surface area contributed by atoms with Crippen LogP contribution in [0.3, 0.4) is 0 Å². The summed E-state index contributed by atoms with van der Waals surface area (Å²) in [6.45, 7) is 7.98. The predicted octanol–water partition coefficient (Wildman–Crippen LogP) is 1.97. The van der Waals surface area contributed by atoms with Crippen molar-refractivity contribution in [1.29, 1.82) is 0 Å². The Kier molecular flexibility index (Phi) is 3.29. The van der Waals surface area contributed by atoms with E-state index in [0.717, 1.165) is 10.7 Å². The van der Waals surface area contributed by atoms with Gasteiger partial charge in [0, 0.05) is 12.0 Å². The predicted molar refractivity (Wildman–Crippen MR) is 59.6 cm³/mol. The zero-order chi connectivity index (χ0) is 10.9. The Labute approximate surface area is 89.3 Å². The van der Waals surface area contributed by atoms with Gasteiger partial charge in [0.2, 0.25) is 0 Å². The Morgan fingerprint density at radius 3 is 2.43 bits per heavy atom. The summed E-state index contributed by atoms with van der Waals surface area (Å²) >= 11 is 1.65. The quantitative estimate of drug-likeness (QED) is 0.837. The van der Waals surface area contributed by atoms with Crippen molar-refractivity contribution in [2.45, 2.75) is 39.3 Å². The van der Waals surface area contributed by atoms with Crippen LogP contribution in [0.25, 0.3) is 0 Å². The van der Waals surface area contributed by atoms with Crippen LogP contribution in [-0.2, 0) is 10.3 Å². The van der Waals surface area contributed by atoms with Crippen molar-refractivity contribution in [2.75, 3.05) is 7.11 Å². The molecule has 0 fully saturated rings. The van der Waals surface area contributed by atoms with Crippen LogP contribution in [0.1, 0.15) is 29.4 Å². The monoisotopic (exact) mass is 214 g/mol. The zero-order valence-electron chi connectivity index (χ0n) is 9.42. The van der Waals surface area contributed by atoms with E-state index in [9.17, 15) is 0 Å². The lowest BCUT2D eigenvalue weighted by Crippen LogP contribution is -2.44. The van der Waals surface area contributed by atoms with E-state index in [1.54, 1.807) is 18.4 Å². The first-order chi connectivity index (χ1) is 6.39. The second-order valence-corrected chi connectivity index (χ2v) is 5.02. The number of aromatic nitrogens is 1. The molecule has 0 amide bonds. The summed E-state index contributed by atoms with van der Waals surface area (Å²) < 4.78 is 5.26. The Morgan fingerprint density at radius 2 is 2.07 bits per heavy atom. The van der Waals surface area contributed by atoms with Crippen molar-refractivity contribution in [3.8, 4) is 0 Å². The first-order valence-corrected chi connectivity index (χ1v) is 5.47. The van der Waals surface area contributed by atoms with Crippen LogP contribution < -0.4 is 5.73 Å². The molecule has 0 aliphatic heterocycles. The number of rotatable bonds is 3. The van der Waals surface area contributed by atoms with Crippen molar-refractivity contribution in [3.63, 3.8) is 0 Å². The molecule has 0 saturated heterocycles. The molecular formula is C10H18N2OS. The van der Waals surface area contributed by atoms with Gasteiger partial charge in [-0.2, -0.15) is 0 Å².